The van der Waals surface area contributed by atoms with Gasteiger partial charge in [-0.2, -0.15) is 0 Å². The summed E-state index contributed by atoms with van der Waals surface area (Å²) in [6, 6.07) is 0. The second kappa shape index (κ2) is 4.39. The minimum Gasteiger partial charge on any atom is -0.381 e. The third-order valence-electron chi connectivity index (χ3n) is 3.14. The van der Waals surface area contributed by atoms with Gasteiger partial charge >= 0.3 is 0 Å². The highest BCUT2D eigenvalue weighted by Gasteiger charge is 2.34. The van der Waals surface area contributed by atoms with Crippen molar-refractivity contribution in [1.82, 2.24) is 0 Å². The molecular formula is C11H18F2O. The molecule has 0 heterocycles. The van der Waals surface area contributed by atoms with E-state index in [-0.39, 0.29) is 18.1 Å². The smallest absolute Gasteiger partial charge is 0.269 e. The third kappa shape index (κ3) is 2.53. The maximum atomic E-state index is 13.5. The van der Waals surface area contributed by atoms with Crippen molar-refractivity contribution in [2.24, 2.45) is 0 Å². The van der Waals surface area contributed by atoms with E-state index in [1.165, 1.54) is 0 Å². The molecule has 0 radical (unpaired) electrons. The minimum absolute atomic E-state index is 0.0103. The van der Waals surface area contributed by atoms with E-state index < -0.39 is 5.92 Å². The van der Waals surface area contributed by atoms with Crippen LogP contribution in [0.5, 0.6) is 0 Å². The second-order valence-electron chi connectivity index (χ2n) is 4.04. The van der Waals surface area contributed by atoms with Crippen LogP contribution in [0.15, 0.2) is 11.1 Å². The Morgan fingerprint density at radius 3 is 2.50 bits per heavy atom. The van der Waals surface area contributed by atoms with Crippen LogP contribution in [-0.2, 0) is 4.74 Å². The van der Waals surface area contributed by atoms with Crippen LogP contribution in [0.4, 0.5) is 8.78 Å². The molecule has 0 aromatic rings. The van der Waals surface area contributed by atoms with E-state index in [2.05, 4.69) is 0 Å². The van der Waals surface area contributed by atoms with Crippen LogP contribution in [0.25, 0.3) is 0 Å². The molecule has 0 aromatic heterocycles. The van der Waals surface area contributed by atoms with Crippen molar-refractivity contribution in [1.29, 1.82) is 0 Å². The molecule has 0 fully saturated rings. The van der Waals surface area contributed by atoms with E-state index in [0.29, 0.717) is 6.42 Å². The van der Waals surface area contributed by atoms with Gasteiger partial charge in [-0.15, -0.1) is 0 Å². The lowest BCUT2D eigenvalue weighted by atomic mass is 9.91. The molecule has 0 amide bonds. The number of alkyl halides is 2. The summed E-state index contributed by atoms with van der Waals surface area (Å²) in [6.07, 6.45) is 1.93. The molecule has 1 rings (SSSR count). The molecule has 0 aliphatic heterocycles. The zero-order chi connectivity index (χ0) is 10.8. The Morgan fingerprint density at radius 1 is 1.29 bits per heavy atom. The summed E-state index contributed by atoms with van der Waals surface area (Å²) in [5, 5.41) is 0. The summed E-state index contributed by atoms with van der Waals surface area (Å²) >= 11 is 0. The standard InChI is InChI=1S/C11H18F2O/c1-8-4-5-10(14-3)6-7-11(12,13)9(8)2/h10H,4-7H2,1-3H3/b9-8-. The SMILES string of the molecule is COC1CC/C(C)=C(/C)C(F)(F)CC1. The van der Waals surface area contributed by atoms with Crippen molar-refractivity contribution in [3.05, 3.63) is 11.1 Å². The van der Waals surface area contributed by atoms with Crippen molar-refractivity contribution in [2.45, 2.75) is 51.6 Å². The monoisotopic (exact) mass is 204 g/mol. The molecule has 1 nitrogen and oxygen atoms in total. The van der Waals surface area contributed by atoms with Crippen LogP contribution in [0.2, 0.25) is 0 Å². The van der Waals surface area contributed by atoms with Gasteiger partial charge in [-0.05, 0) is 38.7 Å². The Bertz CT molecular complexity index is 233. The number of hydrogen-bond donors (Lipinski definition) is 0. The number of halogens is 2. The maximum Gasteiger partial charge on any atom is 0.269 e. The van der Waals surface area contributed by atoms with E-state index in [1.54, 1.807) is 21.0 Å². The number of hydrogen-bond acceptors (Lipinski definition) is 1. The van der Waals surface area contributed by atoms with Crippen molar-refractivity contribution >= 4 is 0 Å². The molecule has 1 unspecified atom stereocenters. The first-order valence-corrected chi connectivity index (χ1v) is 5.05. The Labute approximate surface area is 84.1 Å². The number of rotatable bonds is 1. The van der Waals surface area contributed by atoms with Gasteiger partial charge in [0.2, 0.25) is 0 Å². The fourth-order valence-corrected chi connectivity index (χ4v) is 1.79. The molecule has 82 valence electrons. The number of allylic oxidation sites excluding steroid dienone is 2. The lowest BCUT2D eigenvalue weighted by molar-refractivity contribution is 0.000103. The molecule has 1 atom stereocenters. The van der Waals surface area contributed by atoms with Gasteiger partial charge in [0, 0.05) is 13.5 Å². The Balaban J connectivity index is 2.81. The van der Waals surface area contributed by atoms with Crippen LogP contribution in [0.1, 0.15) is 39.5 Å². The molecule has 14 heavy (non-hydrogen) atoms. The van der Waals surface area contributed by atoms with Crippen LogP contribution in [0.3, 0.4) is 0 Å². The highest BCUT2D eigenvalue weighted by atomic mass is 19.3. The Morgan fingerprint density at radius 2 is 1.93 bits per heavy atom. The largest absolute Gasteiger partial charge is 0.381 e. The van der Waals surface area contributed by atoms with Gasteiger partial charge in [-0.3, -0.25) is 0 Å². The van der Waals surface area contributed by atoms with Crippen LogP contribution in [-0.4, -0.2) is 19.1 Å². The maximum absolute atomic E-state index is 13.5. The Kier molecular flexibility index (Phi) is 3.65. The molecule has 0 spiro atoms. The zero-order valence-electron chi connectivity index (χ0n) is 9.07. The van der Waals surface area contributed by atoms with Crippen molar-refractivity contribution in [2.75, 3.05) is 7.11 Å². The zero-order valence-corrected chi connectivity index (χ0v) is 9.07. The molecule has 0 aromatic carbocycles. The average molecular weight is 204 g/mol. The van der Waals surface area contributed by atoms with Crippen LogP contribution < -0.4 is 0 Å². The van der Waals surface area contributed by atoms with Gasteiger partial charge in [0.1, 0.15) is 0 Å². The van der Waals surface area contributed by atoms with E-state index >= 15 is 0 Å². The van der Waals surface area contributed by atoms with Crippen molar-refractivity contribution in [3.8, 4) is 0 Å². The van der Waals surface area contributed by atoms with Gasteiger partial charge in [0.25, 0.3) is 5.92 Å². The van der Waals surface area contributed by atoms with Gasteiger partial charge in [0.15, 0.2) is 0 Å². The molecule has 1 aliphatic carbocycles. The predicted molar refractivity (Wildman–Crippen MR) is 52.6 cm³/mol. The van der Waals surface area contributed by atoms with E-state index in [4.69, 9.17) is 4.74 Å². The number of ether oxygens (including phenoxy) is 1. The third-order valence-corrected chi connectivity index (χ3v) is 3.14. The number of methoxy groups -OCH3 is 1. The van der Waals surface area contributed by atoms with Crippen LogP contribution >= 0.6 is 0 Å². The molecule has 0 N–H and O–H groups in total. The van der Waals surface area contributed by atoms with Gasteiger partial charge in [-0.1, -0.05) is 5.57 Å². The highest BCUT2D eigenvalue weighted by Crippen LogP contribution is 2.35. The highest BCUT2D eigenvalue weighted by molar-refractivity contribution is 5.18. The predicted octanol–water partition coefficient (Wildman–Crippen LogP) is 3.55. The van der Waals surface area contributed by atoms with Gasteiger partial charge in [-0.25, -0.2) is 8.78 Å². The van der Waals surface area contributed by atoms with Crippen LogP contribution in [0, 0.1) is 0 Å². The van der Waals surface area contributed by atoms with E-state index in [9.17, 15) is 8.78 Å². The molecule has 0 saturated carbocycles. The van der Waals surface area contributed by atoms with Gasteiger partial charge < -0.3 is 4.74 Å². The normalized spacial score (nSPS) is 33.6. The average Bonchev–Trinajstić information content (AvgIpc) is 2.15. The first-order chi connectivity index (χ1) is 6.47. The van der Waals surface area contributed by atoms with E-state index in [1.807, 2.05) is 0 Å². The summed E-state index contributed by atoms with van der Waals surface area (Å²) in [5.74, 6) is -2.64. The summed E-state index contributed by atoms with van der Waals surface area (Å²) in [7, 11) is 1.59. The first-order valence-electron chi connectivity index (χ1n) is 5.05. The lowest BCUT2D eigenvalue weighted by Crippen LogP contribution is -2.25. The van der Waals surface area contributed by atoms with Gasteiger partial charge in [0.05, 0.1) is 6.10 Å². The topological polar surface area (TPSA) is 9.23 Å². The fourth-order valence-electron chi connectivity index (χ4n) is 1.79. The van der Waals surface area contributed by atoms with Crippen molar-refractivity contribution in [3.63, 3.8) is 0 Å². The summed E-state index contributed by atoms with van der Waals surface area (Å²) in [5.41, 5.74) is 1.07. The molecular weight excluding hydrogens is 186 g/mol. The summed E-state index contributed by atoms with van der Waals surface area (Å²) in [4.78, 5) is 0. The van der Waals surface area contributed by atoms with Crippen molar-refractivity contribution < 1.29 is 13.5 Å². The first kappa shape index (κ1) is 11.6. The second-order valence-corrected chi connectivity index (χ2v) is 4.04. The molecule has 1 aliphatic rings. The summed E-state index contributed by atoms with van der Waals surface area (Å²) in [6.45, 7) is 3.34. The molecule has 3 heteroatoms. The minimum atomic E-state index is -2.64. The fraction of sp³-hybridized carbons (Fsp3) is 0.818. The summed E-state index contributed by atoms with van der Waals surface area (Å²) < 4.78 is 32.1. The Hall–Kier alpha value is -0.440. The lowest BCUT2D eigenvalue weighted by Gasteiger charge is -2.26. The molecule has 0 bridgehead atoms. The quantitative estimate of drug-likeness (QED) is 0.593. The van der Waals surface area contributed by atoms with E-state index in [0.717, 1.165) is 18.4 Å². The molecule has 0 saturated heterocycles.